The lowest BCUT2D eigenvalue weighted by Gasteiger charge is -2.32. The molecule has 0 aliphatic carbocycles. The van der Waals surface area contributed by atoms with Gasteiger partial charge in [-0.1, -0.05) is 23.7 Å². The number of H-pyrrole nitrogens is 1. The number of hydrogen-bond donors (Lipinski definition) is 1. The van der Waals surface area contributed by atoms with Gasteiger partial charge in [-0.3, -0.25) is 14.8 Å². The molecule has 24 heavy (non-hydrogen) atoms. The van der Waals surface area contributed by atoms with E-state index in [1.54, 1.807) is 18.3 Å². The molecule has 6 nitrogen and oxygen atoms in total. The van der Waals surface area contributed by atoms with Crippen LogP contribution in [0.15, 0.2) is 47.4 Å². The summed E-state index contributed by atoms with van der Waals surface area (Å²) >= 11 is 5.95. The number of benzene rings is 1. The molecule has 1 saturated heterocycles. The first-order chi connectivity index (χ1) is 11.7. The summed E-state index contributed by atoms with van der Waals surface area (Å²) in [6, 6.07) is 11.1. The number of ether oxygens (including phenoxy) is 1. The topological polar surface area (TPSA) is 62.6 Å². The molecular formula is C17H17ClN4O2. The van der Waals surface area contributed by atoms with E-state index < -0.39 is 0 Å². The Balaban J connectivity index is 1.51. The Kier molecular flexibility index (Phi) is 4.10. The fraction of sp³-hybridized carbons (Fsp3) is 0.294. The van der Waals surface area contributed by atoms with Gasteiger partial charge in [0.1, 0.15) is 0 Å². The van der Waals surface area contributed by atoms with Crippen molar-refractivity contribution < 1.29 is 4.74 Å². The van der Waals surface area contributed by atoms with E-state index in [9.17, 15) is 4.79 Å². The first kappa shape index (κ1) is 15.4. The van der Waals surface area contributed by atoms with Crippen LogP contribution in [0.2, 0.25) is 5.02 Å². The van der Waals surface area contributed by atoms with Crippen molar-refractivity contribution in [1.82, 2.24) is 19.5 Å². The average Bonchev–Trinajstić information content (AvgIpc) is 3.05. The lowest BCUT2D eigenvalue weighted by molar-refractivity contribution is -0.0332. The van der Waals surface area contributed by atoms with Crippen LogP contribution in [0.3, 0.4) is 0 Å². The summed E-state index contributed by atoms with van der Waals surface area (Å²) in [4.78, 5) is 18.8. The molecule has 0 spiro atoms. The molecule has 1 aliphatic rings. The predicted octanol–water partition coefficient (Wildman–Crippen LogP) is 2.25. The van der Waals surface area contributed by atoms with Crippen molar-refractivity contribution in [3.63, 3.8) is 0 Å². The maximum atomic E-state index is 12.1. The van der Waals surface area contributed by atoms with Crippen molar-refractivity contribution in [3.05, 3.63) is 69.2 Å². The molecule has 3 heterocycles. The summed E-state index contributed by atoms with van der Waals surface area (Å²) in [6.07, 6.45) is 1.71. The molecule has 1 N–H and O–H groups in total. The fourth-order valence-corrected chi connectivity index (χ4v) is 3.14. The van der Waals surface area contributed by atoms with Gasteiger partial charge in [0.05, 0.1) is 18.4 Å². The van der Waals surface area contributed by atoms with Crippen LogP contribution in [0.25, 0.3) is 5.65 Å². The summed E-state index contributed by atoms with van der Waals surface area (Å²) in [6.45, 7) is 2.86. The monoisotopic (exact) mass is 344 g/mol. The third-order valence-corrected chi connectivity index (χ3v) is 4.46. The summed E-state index contributed by atoms with van der Waals surface area (Å²) in [5.41, 5.74) is 2.43. The number of rotatable bonds is 3. The highest BCUT2D eigenvalue weighted by atomic mass is 35.5. The summed E-state index contributed by atoms with van der Waals surface area (Å²) in [5.74, 6) is 0. The number of fused-ring (bicyclic) bond motifs is 1. The molecule has 1 aliphatic heterocycles. The van der Waals surface area contributed by atoms with Gasteiger partial charge in [-0.2, -0.15) is 0 Å². The first-order valence-electron chi connectivity index (χ1n) is 7.84. The van der Waals surface area contributed by atoms with Crippen LogP contribution in [0.4, 0.5) is 0 Å². The van der Waals surface area contributed by atoms with Crippen molar-refractivity contribution in [2.45, 2.75) is 12.6 Å². The normalized spacial score (nSPS) is 19.0. The largest absolute Gasteiger partial charge is 0.371 e. The number of aromatic nitrogens is 3. The zero-order valence-electron chi connectivity index (χ0n) is 13.0. The van der Waals surface area contributed by atoms with Gasteiger partial charge in [-0.15, -0.1) is 0 Å². The van der Waals surface area contributed by atoms with Crippen LogP contribution in [-0.4, -0.2) is 39.2 Å². The van der Waals surface area contributed by atoms with E-state index in [-0.39, 0.29) is 11.7 Å². The van der Waals surface area contributed by atoms with E-state index in [1.165, 1.54) is 4.52 Å². The Hall–Kier alpha value is -2.15. The van der Waals surface area contributed by atoms with Crippen molar-refractivity contribution in [1.29, 1.82) is 0 Å². The van der Waals surface area contributed by atoms with E-state index in [4.69, 9.17) is 16.3 Å². The van der Waals surface area contributed by atoms with Crippen molar-refractivity contribution in [3.8, 4) is 0 Å². The molecule has 3 aromatic rings. The lowest BCUT2D eigenvalue weighted by atomic mass is 10.1. The molecule has 4 rings (SSSR count). The van der Waals surface area contributed by atoms with Gasteiger partial charge in [0.15, 0.2) is 5.65 Å². The molecule has 0 bridgehead atoms. The van der Waals surface area contributed by atoms with Gasteiger partial charge in [0, 0.05) is 43.0 Å². The lowest BCUT2D eigenvalue weighted by Crippen LogP contribution is -2.38. The van der Waals surface area contributed by atoms with Crippen LogP contribution in [0.1, 0.15) is 17.4 Å². The van der Waals surface area contributed by atoms with E-state index >= 15 is 0 Å². The fourth-order valence-electron chi connectivity index (χ4n) is 3.01. The van der Waals surface area contributed by atoms with Crippen LogP contribution in [0.5, 0.6) is 0 Å². The Labute approximate surface area is 143 Å². The molecular weight excluding hydrogens is 328 g/mol. The Morgan fingerprint density at radius 3 is 2.96 bits per heavy atom. The highest BCUT2D eigenvalue weighted by molar-refractivity contribution is 6.30. The smallest absolute Gasteiger partial charge is 0.272 e. The minimum Gasteiger partial charge on any atom is -0.371 e. The number of halogens is 1. The highest BCUT2D eigenvalue weighted by Gasteiger charge is 2.22. The number of morpholine rings is 1. The molecule has 124 valence electrons. The Morgan fingerprint density at radius 1 is 1.29 bits per heavy atom. The number of aromatic amines is 1. The van der Waals surface area contributed by atoms with E-state index in [2.05, 4.69) is 15.0 Å². The minimum absolute atomic E-state index is 0.00750. The molecule has 0 radical (unpaired) electrons. The summed E-state index contributed by atoms with van der Waals surface area (Å²) in [5, 5.41) is 3.57. The van der Waals surface area contributed by atoms with Crippen LogP contribution in [0, 0.1) is 0 Å². The summed E-state index contributed by atoms with van der Waals surface area (Å²) in [7, 11) is 0. The van der Waals surface area contributed by atoms with Gasteiger partial charge in [-0.05, 0) is 17.7 Å². The highest BCUT2D eigenvalue weighted by Crippen LogP contribution is 2.24. The SMILES string of the molecule is O=c1cc(CN2CCOC(c3ccc(Cl)cc3)C2)nc2cc[nH]n12. The second-order valence-corrected chi connectivity index (χ2v) is 6.32. The predicted molar refractivity (Wildman–Crippen MR) is 91.2 cm³/mol. The minimum atomic E-state index is -0.0949. The van der Waals surface area contributed by atoms with E-state index in [1.807, 2.05) is 24.3 Å². The van der Waals surface area contributed by atoms with Crippen molar-refractivity contribution in [2.24, 2.45) is 0 Å². The van der Waals surface area contributed by atoms with E-state index in [0.29, 0.717) is 18.8 Å². The van der Waals surface area contributed by atoms with Crippen LogP contribution in [-0.2, 0) is 11.3 Å². The third-order valence-electron chi connectivity index (χ3n) is 4.21. The van der Waals surface area contributed by atoms with Gasteiger partial charge in [0.2, 0.25) is 0 Å². The van der Waals surface area contributed by atoms with Crippen molar-refractivity contribution >= 4 is 17.2 Å². The molecule has 1 atom stereocenters. The van der Waals surface area contributed by atoms with Crippen molar-refractivity contribution in [2.75, 3.05) is 19.7 Å². The number of nitrogens with zero attached hydrogens (tertiary/aromatic N) is 3. The second kappa shape index (κ2) is 6.39. The summed E-state index contributed by atoms with van der Waals surface area (Å²) < 4.78 is 7.31. The van der Waals surface area contributed by atoms with Gasteiger partial charge in [0.25, 0.3) is 5.56 Å². The molecule has 2 aromatic heterocycles. The molecule has 1 aromatic carbocycles. The Morgan fingerprint density at radius 2 is 2.12 bits per heavy atom. The van der Waals surface area contributed by atoms with Gasteiger partial charge < -0.3 is 4.74 Å². The number of hydrogen-bond acceptors (Lipinski definition) is 4. The van der Waals surface area contributed by atoms with E-state index in [0.717, 1.165) is 29.4 Å². The average molecular weight is 345 g/mol. The van der Waals surface area contributed by atoms with Gasteiger partial charge >= 0.3 is 0 Å². The third kappa shape index (κ3) is 3.08. The van der Waals surface area contributed by atoms with Crippen LogP contribution >= 0.6 is 11.6 Å². The number of nitrogens with one attached hydrogen (secondary N) is 1. The first-order valence-corrected chi connectivity index (χ1v) is 8.22. The van der Waals surface area contributed by atoms with Crippen LogP contribution < -0.4 is 5.56 Å². The molecule has 0 amide bonds. The molecule has 0 saturated carbocycles. The maximum Gasteiger partial charge on any atom is 0.272 e. The molecule has 1 unspecified atom stereocenters. The zero-order valence-corrected chi connectivity index (χ0v) is 13.7. The molecule has 1 fully saturated rings. The zero-order chi connectivity index (χ0) is 16.5. The second-order valence-electron chi connectivity index (χ2n) is 5.89. The maximum absolute atomic E-state index is 12.1. The quantitative estimate of drug-likeness (QED) is 0.791. The standard InChI is InChI=1S/C17H17ClN4O2/c18-13-3-1-12(2-4-13)15-11-21(7-8-24-15)10-14-9-17(23)22-16(20-14)5-6-19-22/h1-6,9,15,19H,7-8,10-11H2. The molecule has 7 heteroatoms. The van der Waals surface area contributed by atoms with Gasteiger partial charge in [-0.25, -0.2) is 9.50 Å². The Bertz CT molecular complexity index is 903.